The Bertz CT molecular complexity index is 872. The van der Waals surface area contributed by atoms with E-state index in [-0.39, 0.29) is 23.7 Å². The summed E-state index contributed by atoms with van der Waals surface area (Å²) in [5, 5.41) is 2.92. The average Bonchev–Trinajstić information content (AvgIpc) is 2.82. The molecule has 0 fully saturated rings. The van der Waals surface area contributed by atoms with Crippen molar-refractivity contribution in [3.05, 3.63) is 71.4 Å². The largest absolute Gasteiger partial charge is 0.350 e. The van der Waals surface area contributed by atoms with Crippen molar-refractivity contribution in [2.24, 2.45) is 5.92 Å². The Balaban J connectivity index is 2.04. The summed E-state index contributed by atoms with van der Waals surface area (Å²) in [6.07, 6.45) is 0. The van der Waals surface area contributed by atoms with Crippen LogP contribution in [-0.4, -0.2) is 23.3 Å². The van der Waals surface area contributed by atoms with Crippen molar-refractivity contribution in [2.75, 3.05) is 11.9 Å². The molecule has 0 aliphatic carbocycles. The smallest absolute Gasteiger partial charge is 0.278 e. The summed E-state index contributed by atoms with van der Waals surface area (Å²) in [5.74, 6) is -1.62. The molecule has 1 aliphatic heterocycles. The summed E-state index contributed by atoms with van der Waals surface area (Å²) in [6.45, 7) is 4.09. The lowest BCUT2D eigenvalue weighted by Gasteiger charge is -2.17. The lowest BCUT2D eigenvalue weighted by atomic mass is 10.0. The van der Waals surface area contributed by atoms with Gasteiger partial charge in [0.15, 0.2) is 0 Å². The Morgan fingerprint density at radius 3 is 1.96 bits per heavy atom. The fourth-order valence-corrected chi connectivity index (χ4v) is 2.78. The Hall–Kier alpha value is -3.02. The van der Waals surface area contributed by atoms with Gasteiger partial charge in [0, 0.05) is 12.2 Å². The zero-order chi connectivity index (χ0) is 18.8. The summed E-state index contributed by atoms with van der Waals surface area (Å²) in [5.41, 5.74) is 1.21. The standard InChI is InChI=1S/C20H18F2N2O2/c1-12(2)11-24-19(25)17(13-3-5-14(21)6-4-13)18(20(24)26)23-16-9-7-15(22)8-10-16/h3-10,12,23H,11H2,1-2H3. The molecule has 26 heavy (non-hydrogen) atoms. The zero-order valence-electron chi connectivity index (χ0n) is 14.4. The molecular formula is C20H18F2N2O2. The maximum absolute atomic E-state index is 13.2. The molecule has 3 rings (SSSR count). The van der Waals surface area contributed by atoms with E-state index >= 15 is 0 Å². The van der Waals surface area contributed by atoms with Crippen molar-refractivity contribution < 1.29 is 18.4 Å². The number of halogens is 2. The number of hydrogen-bond donors (Lipinski definition) is 1. The number of benzene rings is 2. The average molecular weight is 356 g/mol. The third-order valence-corrected chi connectivity index (χ3v) is 3.96. The minimum absolute atomic E-state index is 0.0996. The Morgan fingerprint density at radius 2 is 1.42 bits per heavy atom. The van der Waals surface area contributed by atoms with Gasteiger partial charge in [0.1, 0.15) is 17.3 Å². The number of amides is 2. The first kappa shape index (κ1) is 17.8. The maximum Gasteiger partial charge on any atom is 0.278 e. The highest BCUT2D eigenvalue weighted by Gasteiger charge is 2.39. The van der Waals surface area contributed by atoms with Gasteiger partial charge >= 0.3 is 0 Å². The quantitative estimate of drug-likeness (QED) is 0.829. The van der Waals surface area contributed by atoms with Gasteiger partial charge in [-0.1, -0.05) is 26.0 Å². The number of nitrogens with one attached hydrogen (secondary N) is 1. The van der Waals surface area contributed by atoms with Crippen LogP contribution in [0.5, 0.6) is 0 Å². The molecule has 6 heteroatoms. The third kappa shape index (κ3) is 3.49. The molecule has 0 atom stereocenters. The van der Waals surface area contributed by atoms with Gasteiger partial charge in [0.25, 0.3) is 11.8 Å². The van der Waals surface area contributed by atoms with Gasteiger partial charge in [-0.3, -0.25) is 14.5 Å². The molecular weight excluding hydrogens is 338 g/mol. The van der Waals surface area contributed by atoms with E-state index in [2.05, 4.69) is 5.32 Å². The van der Waals surface area contributed by atoms with E-state index in [0.717, 1.165) is 0 Å². The normalized spacial score (nSPS) is 14.6. The summed E-state index contributed by atoms with van der Waals surface area (Å²) in [7, 11) is 0. The number of hydrogen-bond acceptors (Lipinski definition) is 3. The lowest BCUT2D eigenvalue weighted by Crippen LogP contribution is -2.35. The van der Waals surface area contributed by atoms with Crippen LogP contribution in [0, 0.1) is 17.6 Å². The van der Waals surface area contributed by atoms with Crippen molar-refractivity contribution in [2.45, 2.75) is 13.8 Å². The third-order valence-electron chi connectivity index (χ3n) is 3.96. The molecule has 2 aromatic carbocycles. The monoisotopic (exact) mass is 356 g/mol. The molecule has 0 saturated heterocycles. The van der Waals surface area contributed by atoms with Crippen molar-refractivity contribution in [3.8, 4) is 0 Å². The Labute approximate surface area is 150 Å². The van der Waals surface area contributed by atoms with E-state index in [1.54, 1.807) is 0 Å². The van der Waals surface area contributed by atoms with Crippen LogP contribution in [0.2, 0.25) is 0 Å². The van der Waals surface area contributed by atoms with Crippen LogP contribution in [0.3, 0.4) is 0 Å². The summed E-state index contributed by atoms with van der Waals surface area (Å²) >= 11 is 0. The molecule has 0 radical (unpaired) electrons. The molecule has 0 aromatic heterocycles. The number of rotatable bonds is 5. The van der Waals surface area contributed by atoms with Gasteiger partial charge in [-0.2, -0.15) is 0 Å². The topological polar surface area (TPSA) is 49.4 Å². The minimum Gasteiger partial charge on any atom is -0.350 e. The Morgan fingerprint density at radius 1 is 0.885 bits per heavy atom. The second-order valence-electron chi connectivity index (χ2n) is 6.50. The highest BCUT2D eigenvalue weighted by atomic mass is 19.1. The number of anilines is 1. The van der Waals surface area contributed by atoms with E-state index in [9.17, 15) is 18.4 Å². The summed E-state index contributed by atoms with van der Waals surface area (Å²) < 4.78 is 26.4. The van der Waals surface area contributed by atoms with Crippen LogP contribution >= 0.6 is 0 Å². The fraction of sp³-hybridized carbons (Fsp3) is 0.200. The molecule has 1 heterocycles. The van der Waals surface area contributed by atoms with Gasteiger partial charge in [-0.25, -0.2) is 8.78 Å². The van der Waals surface area contributed by atoms with E-state index in [1.165, 1.54) is 53.4 Å². The second-order valence-corrected chi connectivity index (χ2v) is 6.50. The molecule has 2 aromatic rings. The second kappa shape index (κ2) is 7.07. The molecule has 0 saturated carbocycles. The predicted octanol–water partition coefficient (Wildman–Crippen LogP) is 3.81. The molecule has 0 bridgehead atoms. The van der Waals surface area contributed by atoms with Gasteiger partial charge in [0.2, 0.25) is 0 Å². The molecule has 1 N–H and O–H groups in total. The van der Waals surface area contributed by atoms with Gasteiger partial charge < -0.3 is 5.32 Å². The van der Waals surface area contributed by atoms with Crippen LogP contribution in [0.4, 0.5) is 14.5 Å². The number of imide groups is 1. The van der Waals surface area contributed by atoms with E-state index in [4.69, 9.17) is 0 Å². The van der Waals surface area contributed by atoms with Crippen molar-refractivity contribution in [3.63, 3.8) is 0 Å². The molecule has 2 amide bonds. The number of nitrogens with zero attached hydrogens (tertiary/aromatic N) is 1. The zero-order valence-corrected chi connectivity index (χ0v) is 14.4. The van der Waals surface area contributed by atoms with Crippen molar-refractivity contribution in [1.82, 2.24) is 4.90 Å². The van der Waals surface area contributed by atoms with Gasteiger partial charge in [-0.15, -0.1) is 0 Å². The Kier molecular flexibility index (Phi) is 4.84. The van der Waals surface area contributed by atoms with Crippen LogP contribution < -0.4 is 5.32 Å². The van der Waals surface area contributed by atoms with E-state index in [0.29, 0.717) is 11.3 Å². The van der Waals surface area contributed by atoms with Crippen LogP contribution in [0.25, 0.3) is 5.57 Å². The first-order valence-electron chi connectivity index (χ1n) is 8.26. The van der Waals surface area contributed by atoms with Crippen molar-refractivity contribution in [1.29, 1.82) is 0 Å². The predicted molar refractivity (Wildman–Crippen MR) is 94.9 cm³/mol. The lowest BCUT2D eigenvalue weighted by molar-refractivity contribution is -0.137. The SMILES string of the molecule is CC(C)CN1C(=O)C(Nc2ccc(F)cc2)=C(c2ccc(F)cc2)C1=O. The van der Waals surface area contributed by atoms with Crippen LogP contribution in [-0.2, 0) is 9.59 Å². The molecule has 0 spiro atoms. The number of carbonyl (C=O) groups excluding carboxylic acids is 2. The molecule has 4 nitrogen and oxygen atoms in total. The molecule has 0 unspecified atom stereocenters. The highest BCUT2D eigenvalue weighted by molar-refractivity contribution is 6.36. The fourth-order valence-electron chi connectivity index (χ4n) is 2.78. The molecule has 134 valence electrons. The maximum atomic E-state index is 13.2. The van der Waals surface area contributed by atoms with Crippen LogP contribution in [0.15, 0.2) is 54.2 Å². The van der Waals surface area contributed by atoms with Gasteiger partial charge in [-0.05, 0) is 47.9 Å². The van der Waals surface area contributed by atoms with Crippen LogP contribution in [0.1, 0.15) is 19.4 Å². The van der Waals surface area contributed by atoms with E-state index in [1.807, 2.05) is 13.8 Å². The summed E-state index contributed by atoms with van der Waals surface area (Å²) in [4.78, 5) is 26.8. The molecule has 1 aliphatic rings. The number of carbonyl (C=O) groups is 2. The van der Waals surface area contributed by atoms with Crippen molar-refractivity contribution >= 4 is 23.1 Å². The highest BCUT2D eigenvalue weighted by Crippen LogP contribution is 2.31. The van der Waals surface area contributed by atoms with Gasteiger partial charge in [0.05, 0.1) is 5.57 Å². The summed E-state index contributed by atoms with van der Waals surface area (Å²) in [6, 6.07) is 10.9. The first-order valence-corrected chi connectivity index (χ1v) is 8.26. The minimum atomic E-state index is -0.452. The first-order chi connectivity index (χ1) is 12.4. The van der Waals surface area contributed by atoms with E-state index < -0.39 is 23.4 Å².